The van der Waals surface area contributed by atoms with Gasteiger partial charge in [-0.1, -0.05) is 38.1 Å². The van der Waals surface area contributed by atoms with E-state index in [4.69, 9.17) is 24.8 Å². The van der Waals surface area contributed by atoms with Gasteiger partial charge in [0.05, 0.1) is 44.3 Å². The van der Waals surface area contributed by atoms with Crippen molar-refractivity contribution in [2.75, 3.05) is 82.0 Å². The molecule has 6 amide bonds. The van der Waals surface area contributed by atoms with Gasteiger partial charge in [-0.25, -0.2) is 9.59 Å². The lowest BCUT2D eigenvalue weighted by atomic mass is 10.0. The van der Waals surface area contributed by atoms with Crippen LogP contribution >= 0.6 is 23.5 Å². The number of alkyl carbamates (subject to hydrolysis) is 1. The van der Waals surface area contributed by atoms with Crippen LogP contribution in [0.4, 0.5) is 15.3 Å². The van der Waals surface area contributed by atoms with E-state index in [9.17, 15) is 24.0 Å². The molecule has 0 unspecified atom stereocenters. The molecule has 1 heterocycles. The van der Waals surface area contributed by atoms with Crippen LogP contribution in [0.15, 0.2) is 41.3 Å². The maximum absolute atomic E-state index is 13.5. The second-order valence-electron chi connectivity index (χ2n) is 13.5. The molecule has 0 fully saturated rings. The number of amides is 6. The molecule has 1 aromatic carbocycles. The van der Waals surface area contributed by atoms with Crippen LogP contribution in [0, 0.1) is 5.92 Å². The Balaban J connectivity index is 1.91. The van der Waals surface area contributed by atoms with E-state index >= 15 is 0 Å². The van der Waals surface area contributed by atoms with Crippen molar-refractivity contribution in [3.8, 4) is 0 Å². The predicted molar refractivity (Wildman–Crippen MR) is 227 cm³/mol. The second-order valence-corrected chi connectivity index (χ2v) is 15.2. The summed E-state index contributed by atoms with van der Waals surface area (Å²) in [5.74, 6) is -0.218. The molecule has 9 N–H and O–H groups in total. The minimum atomic E-state index is -1.02. The van der Waals surface area contributed by atoms with E-state index in [0.717, 1.165) is 24.4 Å². The average molecular weight is 855 g/mol. The van der Waals surface area contributed by atoms with E-state index in [2.05, 4.69) is 49.6 Å². The molecular formula is C37H62N10O9S2. The maximum atomic E-state index is 13.5. The van der Waals surface area contributed by atoms with Crippen molar-refractivity contribution in [1.29, 1.82) is 0 Å². The Hall–Kier alpha value is -4.44. The molecule has 1 aliphatic rings. The van der Waals surface area contributed by atoms with E-state index in [1.807, 2.05) is 32.6 Å². The number of benzene rings is 1. The highest BCUT2D eigenvalue weighted by molar-refractivity contribution is 8.00. The summed E-state index contributed by atoms with van der Waals surface area (Å²) in [4.78, 5) is 68.6. The highest BCUT2D eigenvalue weighted by atomic mass is 32.2. The quantitative estimate of drug-likeness (QED) is 0.0314. The SMILES string of the molecule is CCCOCCOCCN1C=C(CNC(=O)OCc2ccc(NC(=O)[C@H](CCCNC(N)=O)NC(=O)[C@H](CC(C)C)NC(=O)CON=C(CSC)CSC)cc2)NN1. The molecule has 0 saturated heterocycles. The number of nitrogens with zero attached hydrogens (tertiary/aromatic N) is 2. The number of anilines is 1. The number of carbonyl (C=O) groups is 5. The predicted octanol–water partition coefficient (Wildman–Crippen LogP) is 2.02. The number of primary amides is 1. The Bertz CT molecular complexity index is 1460. The van der Waals surface area contributed by atoms with Crippen LogP contribution in [0.2, 0.25) is 0 Å². The Kier molecular flexibility index (Phi) is 25.5. The summed E-state index contributed by atoms with van der Waals surface area (Å²) < 4.78 is 16.3. The number of ether oxygens (including phenoxy) is 3. The van der Waals surface area contributed by atoms with Crippen molar-refractivity contribution in [3.05, 3.63) is 41.7 Å². The van der Waals surface area contributed by atoms with Crippen LogP contribution in [0.25, 0.3) is 0 Å². The van der Waals surface area contributed by atoms with Crippen LogP contribution in [-0.4, -0.2) is 129 Å². The first-order chi connectivity index (χ1) is 27.9. The standard InChI is InChI=1S/C37H62N10O9S2/c1-6-15-53-17-18-54-16-14-47-21-29(44-46-47)20-40-37(52)55-22-27-9-11-28(12-10-27)41-34(49)31(8-7-13-39-36(38)51)43-35(50)32(19-26(2)3)42-33(48)23-56-45-30(24-57-4)25-58-5/h9-12,21,26,31-32,44,46H,6-8,13-20,22-25H2,1-5H3,(H,40,52)(H,41,49)(H,42,48)(H,43,50)(H3,38,39,51)/t31-,32-/m0/s1. The van der Waals surface area contributed by atoms with Gasteiger partial charge in [0.25, 0.3) is 5.91 Å². The molecule has 21 heteroatoms. The third-order valence-corrected chi connectivity index (χ3v) is 9.10. The highest BCUT2D eigenvalue weighted by Crippen LogP contribution is 2.13. The van der Waals surface area contributed by atoms with Crippen molar-refractivity contribution in [2.24, 2.45) is 16.8 Å². The smallest absolute Gasteiger partial charge is 0.407 e. The lowest BCUT2D eigenvalue weighted by Gasteiger charge is -2.24. The van der Waals surface area contributed by atoms with Gasteiger partial charge in [-0.3, -0.25) is 19.4 Å². The number of thioether (sulfide) groups is 2. The van der Waals surface area contributed by atoms with Crippen molar-refractivity contribution in [3.63, 3.8) is 0 Å². The first-order valence-electron chi connectivity index (χ1n) is 19.2. The number of nitrogens with two attached hydrogens (primary N) is 1. The number of carbonyl (C=O) groups excluding carboxylic acids is 5. The summed E-state index contributed by atoms with van der Waals surface area (Å²) in [6.45, 7) is 8.79. The number of oxime groups is 1. The fraction of sp³-hybridized carbons (Fsp3) is 0.622. The van der Waals surface area contributed by atoms with Gasteiger partial charge in [0.15, 0.2) is 6.61 Å². The fourth-order valence-electron chi connectivity index (χ4n) is 5.12. The van der Waals surface area contributed by atoms with Crippen LogP contribution in [-0.2, 0) is 40.0 Å². The molecule has 1 aromatic rings. The normalized spacial score (nSPS) is 13.1. The summed E-state index contributed by atoms with van der Waals surface area (Å²) in [6.07, 6.45) is 6.87. The van der Waals surface area contributed by atoms with E-state index in [0.29, 0.717) is 62.0 Å². The Morgan fingerprint density at radius 1 is 0.914 bits per heavy atom. The first-order valence-corrected chi connectivity index (χ1v) is 22.0. The van der Waals surface area contributed by atoms with Gasteiger partial charge in [-0.05, 0) is 61.8 Å². The highest BCUT2D eigenvalue weighted by Gasteiger charge is 2.28. The summed E-state index contributed by atoms with van der Waals surface area (Å²) >= 11 is 3.18. The van der Waals surface area contributed by atoms with E-state index < -0.39 is 41.9 Å². The van der Waals surface area contributed by atoms with Crippen molar-refractivity contribution in [1.82, 2.24) is 37.2 Å². The maximum Gasteiger partial charge on any atom is 0.407 e. The van der Waals surface area contributed by atoms with Crippen LogP contribution in [0.3, 0.4) is 0 Å². The molecule has 0 aliphatic carbocycles. The zero-order valence-electron chi connectivity index (χ0n) is 34.2. The molecule has 0 spiro atoms. The first kappa shape index (κ1) is 49.7. The molecule has 0 bridgehead atoms. The molecule has 1 aliphatic heterocycles. The molecule has 2 rings (SSSR count). The molecular weight excluding hydrogens is 793 g/mol. The Labute approximate surface area is 349 Å². The number of hydrogen-bond acceptors (Lipinski definition) is 15. The average Bonchev–Trinajstić information content (AvgIpc) is 3.64. The Morgan fingerprint density at radius 2 is 1.62 bits per heavy atom. The van der Waals surface area contributed by atoms with Crippen molar-refractivity contribution in [2.45, 2.75) is 65.1 Å². The molecule has 58 heavy (non-hydrogen) atoms. The van der Waals surface area contributed by atoms with E-state index in [-0.39, 0.29) is 38.6 Å². The van der Waals surface area contributed by atoms with Crippen molar-refractivity contribution < 1.29 is 43.0 Å². The topological polar surface area (TPSA) is 248 Å². The van der Waals surface area contributed by atoms with Gasteiger partial charge >= 0.3 is 12.1 Å². The van der Waals surface area contributed by atoms with Crippen LogP contribution in [0.5, 0.6) is 0 Å². The third kappa shape index (κ3) is 22.5. The summed E-state index contributed by atoms with van der Waals surface area (Å²) in [6, 6.07) is 4.00. The molecule has 326 valence electrons. The van der Waals surface area contributed by atoms with Crippen LogP contribution in [0.1, 0.15) is 52.0 Å². The molecule has 2 atom stereocenters. The monoisotopic (exact) mass is 854 g/mol. The fourth-order valence-corrected chi connectivity index (χ4v) is 6.23. The van der Waals surface area contributed by atoms with Gasteiger partial charge in [-0.2, -0.15) is 23.5 Å². The van der Waals surface area contributed by atoms with Crippen LogP contribution < -0.4 is 43.3 Å². The second kappa shape index (κ2) is 29.7. The van der Waals surface area contributed by atoms with Gasteiger partial charge in [-0.15, -0.1) is 5.53 Å². The summed E-state index contributed by atoms with van der Waals surface area (Å²) in [7, 11) is 0. The number of hydrogen-bond donors (Lipinski definition) is 8. The zero-order chi connectivity index (χ0) is 42.5. The molecule has 0 aromatic heterocycles. The van der Waals surface area contributed by atoms with Gasteiger partial charge in [0.2, 0.25) is 11.8 Å². The van der Waals surface area contributed by atoms with E-state index in [1.165, 1.54) is 0 Å². The van der Waals surface area contributed by atoms with Crippen molar-refractivity contribution >= 4 is 64.8 Å². The number of hydrazine groups is 2. The Morgan fingerprint density at radius 3 is 2.28 bits per heavy atom. The summed E-state index contributed by atoms with van der Waals surface area (Å²) in [5.41, 5.74) is 13.8. The van der Waals surface area contributed by atoms with E-state index in [1.54, 1.807) is 52.8 Å². The number of rotatable bonds is 30. The summed E-state index contributed by atoms with van der Waals surface area (Å²) in [5, 5.41) is 19.3. The zero-order valence-corrected chi connectivity index (χ0v) is 35.8. The molecule has 19 nitrogen and oxygen atoms in total. The minimum Gasteiger partial charge on any atom is -0.445 e. The lowest BCUT2D eigenvalue weighted by molar-refractivity contribution is -0.133. The molecule has 0 saturated carbocycles. The van der Waals surface area contributed by atoms with Gasteiger partial charge in [0, 0.05) is 36.5 Å². The largest absolute Gasteiger partial charge is 0.445 e. The number of nitrogens with one attached hydrogen (secondary N) is 7. The van der Waals surface area contributed by atoms with Gasteiger partial charge < -0.3 is 56.8 Å². The third-order valence-electron chi connectivity index (χ3n) is 7.86. The minimum absolute atomic E-state index is 0.0150. The lowest BCUT2D eigenvalue weighted by Crippen LogP contribution is -2.53. The molecule has 0 radical (unpaired) electrons. The van der Waals surface area contributed by atoms with Gasteiger partial charge in [0.1, 0.15) is 18.7 Å². The number of urea groups is 1.